The highest BCUT2D eigenvalue weighted by Gasteiger charge is 2.36. The van der Waals surface area contributed by atoms with E-state index < -0.39 is 5.60 Å². The molecule has 21 heavy (non-hydrogen) atoms. The number of rotatable bonds is 5. The van der Waals surface area contributed by atoms with Crippen LogP contribution in [0.1, 0.15) is 46.5 Å². The Balaban J connectivity index is 1.82. The first kappa shape index (κ1) is 16.6. The lowest BCUT2D eigenvalue weighted by Crippen LogP contribution is -2.44. The average Bonchev–Trinajstić information content (AvgIpc) is 3.20. The van der Waals surface area contributed by atoms with Gasteiger partial charge in [-0.15, -0.1) is 0 Å². The molecule has 2 aliphatic rings. The summed E-state index contributed by atoms with van der Waals surface area (Å²) >= 11 is 0. The van der Waals surface area contributed by atoms with Gasteiger partial charge >= 0.3 is 6.09 Å². The smallest absolute Gasteiger partial charge is 0.410 e. The molecule has 0 aromatic rings. The summed E-state index contributed by atoms with van der Waals surface area (Å²) in [4.78, 5) is 16.8. The molecule has 0 aromatic carbocycles. The van der Waals surface area contributed by atoms with Gasteiger partial charge in [-0.2, -0.15) is 0 Å². The van der Waals surface area contributed by atoms with E-state index in [0.29, 0.717) is 12.0 Å². The molecule has 2 N–H and O–H groups in total. The van der Waals surface area contributed by atoms with Gasteiger partial charge in [-0.1, -0.05) is 0 Å². The standard InChI is InChI=1S/C16H31N3O2/c1-16(2,3)21-15(20)19(14-4-5-14)12-13-6-9-18(10-7-13)11-8-17/h13-14H,4-12,17H2,1-3H3. The van der Waals surface area contributed by atoms with E-state index in [9.17, 15) is 4.79 Å². The molecule has 122 valence electrons. The molecule has 0 spiro atoms. The molecule has 1 heterocycles. The van der Waals surface area contributed by atoms with Crippen molar-refractivity contribution in [3.63, 3.8) is 0 Å². The Morgan fingerprint density at radius 1 is 1.24 bits per heavy atom. The summed E-state index contributed by atoms with van der Waals surface area (Å²) in [7, 11) is 0. The molecular formula is C16H31N3O2. The molecule has 0 atom stereocenters. The lowest BCUT2D eigenvalue weighted by Gasteiger charge is -2.35. The first-order valence-electron chi connectivity index (χ1n) is 8.31. The highest BCUT2D eigenvalue weighted by molar-refractivity contribution is 5.69. The van der Waals surface area contributed by atoms with Crippen LogP contribution in [0.4, 0.5) is 4.79 Å². The molecule has 0 aromatic heterocycles. The van der Waals surface area contributed by atoms with Crippen LogP contribution in [0.2, 0.25) is 0 Å². The van der Waals surface area contributed by atoms with Crippen molar-refractivity contribution in [2.24, 2.45) is 11.7 Å². The van der Waals surface area contributed by atoms with Crippen molar-refractivity contribution in [3.05, 3.63) is 0 Å². The Morgan fingerprint density at radius 2 is 1.86 bits per heavy atom. The summed E-state index contributed by atoms with van der Waals surface area (Å²) in [5.74, 6) is 0.604. The third kappa shape index (κ3) is 5.47. The van der Waals surface area contributed by atoms with Gasteiger partial charge in [-0.3, -0.25) is 0 Å². The zero-order valence-corrected chi connectivity index (χ0v) is 13.8. The Labute approximate surface area is 128 Å². The molecule has 0 bridgehead atoms. The van der Waals surface area contributed by atoms with Gasteiger partial charge in [0.15, 0.2) is 0 Å². The largest absolute Gasteiger partial charge is 0.444 e. The normalized spacial score (nSPS) is 21.3. The molecule has 0 radical (unpaired) electrons. The third-order valence-corrected chi connectivity index (χ3v) is 4.22. The minimum Gasteiger partial charge on any atom is -0.444 e. The van der Waals surface area contributed by atoms with Crippen LogP contribution in [0.25, 0.3) is 0 Å². The van der Waals surface area contributed by atoms with Gasteiger partial charge in [0.2, 0.25) is 0 Å². The molecule has 1 saturated carbocycles. The number of carbonyl (C=O) groups is 1. The second-order valence-corrected chi connectivity index (χ2v) is 7.44. The number of ether oxygens (including phenoxy) is 1. The highest BCUT2D eigenvalue weighted by atomic mass is 16.6. The Hall–Kier alpha value is -0.810. The summed E-state index contributed by atoms with van der Waals surface area (Å²) < 4.78 is 5.56. The Kier molecular flexibility index (Phi) is 5.49. The minimum atomic E-state index is -0.408. The van der Waals surface area contributed by atoms with Crippen LogP contribution < -0.4 is 5.73 Å². The maximum atomic E-state index is 12.4. The van der Waals surface area contributed by atoms with E-state index in [1.54, 1.807) is 0 Å². The number of piperidine rings is 1. The Bertz CT molecular complexity index is 342. The third-order valence-electron chi connectivity index (χ3n) is 4.22. The van der Waals surface area contributed by atoms with Gasteiger partial charge < -0.3 is 20.3 Å². The van der Waals surface area contributed by atoms with Gasteiger partial charge in [0.25, 0.3) is 0 Å². The summed E-state index contributed by atoms with van der Waals surface area (Å²) in [5.41, 5.74) is 5.20. The van der Waals surface area contributed by atoms with E-state index in [1.807, 2.05) is 25.7 Å². The van der Waals surface area contributed by atoms with Gasteiger partial charge in [0, 0.05) is 25.7 Å². The van der Waals surface area contributed by atoms with Gasteiger partial charge in [-0.25, -0.2) is 4.79 Å². The van der Waals surface area contributed by atoms with Crippen LogP contribution in [0, 0.1) is 5.92 Å². The molecule has 0 unspecified atom stereocenters. The minimum absolute atomic E-state index is 0.130. The van der Waals surface area contributed by atoms with Crippen molar-refractivity contribution in [1.29, 1.82) is 0 Å². The van der Waals surface area contributed by atoms with E-state index >= 15 is 0 Å². The maximum Gasteiger partial charge on any atom is 0.410 e. The Morgan fingerprint density at radius 3 is 2.33 bits per heavy atom. The van der Waals surface area contributed by atoms with Gasteiger partial charge in [-0.05, 0) is 65.5 Å². The van der Waals surface area contributed by atoms with Crippen molar-refractivity contribution in [2.75, 3.05) is 32.7 Å². The van der Waals surface area contributed by atoms with Crippen molar-refractivity contribution in [2.45, 2.75) is 58.1 Å². The highest BCUT2D eigenvalue weighted by Crippen LogP contribution is 2.31. The van der Waals surface area contributed by atoms with Gasteiger partial charge in [0.05, 0.1) is 0 Å². The lowest BCUT2D eigenvalue weighted by molar-refractivity contribution is 0.0176. The monoisotopic (exact) mass is 297 g/mol. The summed E-state index contributed by atoms with van der Waals surface area (Å²) in [6.07, 6.45) is 4.45. The van der Waals surface area contributed by atoms with Gasteiger partial charge in [0.1, 0.15) is 5.60 Å². The molecule has 1 saturated heterocycles. The number of hydrogen-bond acceptors (Lipinski definition) is 4. The number of likely N-dealkylation sites (tertiary alicyclic amines) is 1. The molecule has 2 rings (SSSR count). The van der Waals surface area contributed by atoms with Crippen molar-refractivity contribution in [3.8, 4) is 0 Å². The summed E-state index contributed by atoms with van der Waals surface area (Å²) in [5, 5.41) is 0. The number of amides is 1. The van der Waals surface area contributed by atoms with Crippen LogP contribution in [-0.4, -0.2) is 60.3 Å². The number of carbonyl (C=O) groups excluding carboxylic acids is 1. The maximum absolute atomic E-state index is 12.4. The van der Waals surface area contributed by atoms with E-state index in [-0.39, 0.29) is 6.09 Å². The molecule has 1 aliphatic heterocycles. The number of hydrogen-bond donors (Lipinski definition) is 1. The fourth-order valence-electron chi connectivity index (χ4n) is 2.93. The van der Waals surface area contributed by atoms with E-state index in [1.165, 1.54) is 0 Å². The quantitative estimate of drug-likeness (QED) is 0.844. The molecule has 1 aliphatic carbocycles. The van der Waals surface area contributed by atoms with Crippen LogP contribution in [0.15, 0.2) is 0 Å². The number of nitrogens with zero attached hydrogens (tertiary/aromatic N) is 2. The molecule has 2 fully saturated rings. The molecular weight excluding hydrogens is 266 g/mol. The summed E-state index contributed by atoms with van der Waals surface area (Å²) in [6, 6.07) is 0.418. The van der Waals surface area contributed by atoms with Crippen molar-refractivity contribution in [1.82, 2.24) is 9.80 Å². The van der Waals surface area contributed by atoms with E-state index in [4.69, 9.17) is 10.5 Å². The second-order valence-electron chi connectivity index (χ2n) is 7.44. The van der Waals surface area contributed by atoms with Crippen LogP contribution in [-0.2, 0) is 4.74 Å². The predicted molar refractivity (Wildman–Crippen MR) is 84.2 cm³/mol. The summed E-state index contributed by atoms with van der Waals surface area (Å²) in [6.45, 7) is 10.6. The fraction of sp³-hybridized carbons (Fsp3) is 0.938. The van der Waals surface area contributed by atoms with E-state index in [2.05, 4.69) is 4.90 Å². The van der Waals surface area contributed by atoms with E-state index in [0.717, 1.165) is 58.4 Å². The lowest BCUT2D eigenvalue weighted by atomic mass is 9.96. The second kappa shape index (κ2) is 6.97. The van der Waals surface area contributed by atoms with Crippen molar-refractivity contribution < 1.29 is 9.53 Å². The first-order valence-corrected chi connectivity index (χ1v) is 8.31. The van der Waals surface area contributed by atoms with Crippen molar-refractivity contribution >= 4 is 6.09 Å². The first-order chi connectivity index (χ1) is 9.89. The van der Waals surface area contributed by atoms with Crippen LogP contribution >= 0.6 is 0 Å². The average molecular weight is 297 g/mol. The zero-order valence-electron chi connectivity index (χ0n) is 13.8. The fourth-order valence-corrected chi connectivity index (χ4v) is 2.93. The number of nitrogens with two attached hydrogens (primary N) is 1. The molecule has 5 nitrogen and oxygen atoms in total. The van der Waals surface area contributed by atoms with Crippen LogP contribution in [0.3, 0.4) is 0 Å². The topological polar surface area (TPSA) is 58.8 Å². The molecule has 1 amide bonds. The predicted octanol–water partition coefficient (Wildman–Crippen LogP) is 2.06. The zero-order chi connectivity index (χ0) is 15.5. The SMILES string of the molecule is CC(C)(C)OC(=O)N(CC1CCN(CCN)CC1)C1CC1. The van der Waals surface area contributed by atoms with Crippen LogP contribution in [0.5, 0.6) is 0 Å². The molecule has 5 heteroatoms.